The molecule has 8 heteroatoms. The number of esters is 1. The van der Waals surface area contributed by atoms with E-state index in [1.54, 1.807) is 30.3 Å². The zero-order valence-corrected chi connectivity index (χ0v) is 18.9. The van der Waals surface area contributed by atoms with E-state index in [-0.39, 0.29) is 17.2 Å². The van der Waals surface area contributed by atoms with Crippen molar-refractivity contribution in [3.05, 3.63) is 93.0 Å². The van der Waals surface area contributed by atoms with Gasteiger partial charge in [0.05, 0.1) is 16.8 Å². The molecule has 3 aromatic carbocycles. The largest absolute Gasteiger partial charge is 0.484 e. The van der Waals surface area contributed by atoms with Crippen LogP contribution in [0.1, 0.15) is 27.0 Å². The van der Waals surface area contributed by atoms with Crippen molar-refractivity contribution >= 4 is 41.3 Å². The highest BCUT2D eigenvalue weighted by Crippen LogP contribution is 2.23. The summed E-state index contributed by atoms with van der Waals surface area (Å²) in [5.41, 5.74) is 5.44. The second kappa shape index (κ2) is 10.8. The van der Waals surface area contributed by atoms with Crippen LogP contribution in [0.5, 0.6) is 11.5 Å². The maximum Gasteiger partial charge on any atom is 0.345 e. The van der Waals surface area contributed by atoms with Crippen LogP contribution in [-0.2, 0) is 4.79 Å². The molecule has 164 valence electrons. The standard InChI is InChI=1S/C24H20Cl2N2O4/c1-15-6-8-19(10-16(15)2)31-14-23(29)28-27-13-17-4-3-5-20(11-17)32-24(30)21-9-7-18(25)12-22(21)26/h3-13H,14H2,1-2H3,(H,28,29)/b27-13-. The number of benzene rings is 3. The smallest absolute Gasteiger partial charge is 0.345 e. The van der Waals surface area contributed by atoms with Gasteiger partial charge in [0.15, 0.2) is 6.61 Å². The Bertz CT molecular complexity index is 1180. The van der Waals surface area contributed by atoms with Crippen LogP contribution in [0, 0.1) is 13.8 Å². The summed E-state index contributed by atoms with van der Waals surface area (Å²) < 4.78 is 10.8. The Kier molecular flexibility index (Phi) is 7.87. The van der Waals surface area contributed by atoms with E-state index in [0.29, 0.717) is 22.1 Å². The summed E-state index contributed by atoms with van der Waals surface area (Å²) in [5, 5.41) is 4.53. The molecule has 0 radical (unpaired) electrons. The van der Waals surface area contributed by atoms with Gasteiger partial charge in [-0.25, -0.2) is 10.2 Å². The highest BCUT2D eigenvalue weighted by Gasteiger charge is 2.13. The molecule has 32 heavy (non-hydrogen) atoms. The van der Waals surface area contributed by atoms with Gasteiger partial charge in [-0.2, -0.15) is 5.10 Å². The lowest BCUT2D eigenvalue weighted by Crippen LogP contribution is -2.24. The molecular formula is C24H20Cl2N2O4. The van der Waals surface area contributed by atoms with Crippen molar-refractivity contribution in [1.82, 2.24) is 5.43 Å². The molecule has 6 nitrogen and oxygen atoms in total. The Balaban J connectivity index is 1.53. The van der Waals surface area contributed by atoms with Gasteiger partial charge >= 0.3 is 5.97 Å². The van der Waals surface area contributed by atoms with Gasteiger partial charge in [-0.05, 0) is 73.0 Å². The second-order valence-electron chi connectivity index (χ2n) is 6.91. The van der Waals surface area contributed by atoms with Crippen molar-refractivity contribution in [2.75, 3.05) is 6.61 Å². The van der Waals surface area contributed by atoms with Crippen LogP contribution < -0.4 is 14.9 Å². The van der Waals surface area contributed by atoms with Crippen LogP contribution in [0.25, 0.3) is 0 Å². The summed E-state index contributed by atoms with van der Waals surface area (Å²) in [7, 11) is 0. The number of hydrogen-bond acceptors (Lipinski definition) is 5. The molecule has 0 aliphatic carbocycles. The summed E-state index contributed by atoms with van der Waals surface area (Å²) in [6.07, 6.45) is 1.43. The lowest BCUT2D eigenvalue weighted by molar-refractivity contribution is -0.123. The summed E-state index contributed by atoms with van der Waals surface area (Å²) in [5.74, 6) is -0.103. The third-order valence-corrected chi connectivity index (χ3v) is 5.02. The normalized spacial score (nSPS) is 10.8. The molecule has 0 bridgehead atoms. The first-order valence-corrected chi connectivity index (χ1v) is 10.4. The molecule has 0 atom stereocenters. The van der Waals surface area contributed by atoms with Crippen molar-refractivity contribution in [3.8, 4) is 11.5 Å². The molecule has 0 saturated heterocycles. The summed E-state index contributed by atoms with van der Waals surface area (Å²) >= 11 is 11.9. The van der Waals surface area contributed by atoms with E-state index in [2.05, 4.69) is 10.5 Å². The van der Waals surface area contributed by atoms with E-state index in [4.69, 9.17) is 32.7 Å². The molecule has 1 N–H and O–H groups in total. The molecule has 3 rings (SSSR count). The van der Waals surface area contributed by atoms with E-state index >= 15 is 0 Å². The van der Waals surface area contributed by atoms with E-state index in [0.717, 1.165) is 11.1 Å². The van der Waals surface area contributed by atoms with Gasteiger partial charge in [0.25, 0.3) is 5.91 Å². The van der Waals surface area contributed by atoms with Gasteiger partial charge in [0.1, 0.15) is 11.5 Å². The number of aryl methyl sites for hydroxylation is 2. The predicted molar refractivity (Wildman–Crippen MR) is 125 cm³/mol. The Morgan fingerprint density at radius 1 is 0.969 bits per heavy atom. The quantitative estimate of drug-likeness (QED) is 0.218. The molecule has 0 heterocycles. The molecular weight excluding hydrogens is 451 g/mol. The summed E-state index contributed by atoms with van der Waals surface area (Å²) in [6.45, 7) is 3.81. The number of carbonyl (C=O) groups excluding carboxylic acids is 2. The van der Waals surface area contributed by atoms with E-state index in [1.165, 1.54) is 18.3 Å². The minimum Gasteiger partial charge on any atom is -0.484 e. The Hall–Kier alpha value is -3.35. The number of hydrogen-bond donors (Lipinski definition) is 1. The lowest BCUT2D eigenvalue weighted by atomic mass is 10.1. The molecule has 1 amide bonds. The second-order valence-corrected chi connectivity index (χ2v) is 7.76. The Labute approximate surface area is 195 Å². The molecule has 0 unspecified atom stereocenters. The monoisotopic (exact) mass is 470 g/mol. The Morgan fingerprint density at radius 2 is 1.78 bits per heavy atom. The first-order chi connectivity index (χ1) is 15.3. The van der Waals surface area contributed by atoms with Gasteiger partial charge in [-0.3, -0.25) is 4.79 Å². The average Bonchev–Trinajstić information content (AvgIpc) is 2.75. The number of amides is 1. The predicted octanol–water partition coefficient (Wildman–Crippen LogP) is 5.36. The van der Waals surface area contributed by atoms with Crippen molar-refractivity contribution < 1.29 is 19.1 Å². The summed E-state index contributed by atoms with van der Waals surface area (Å²) in [6, 6.07) is 16.8. The lowest BCUT2D eigenvalue weighted by Gasteiger charge is -2.07. The Morgan fingerprint density at radius 3 is 2.53 bits per heavy atom. The van der Waals surface area contributed by atoms with Gasteiger partial charge < -0.3 is 9.47 Å². The highest BCUT2D eigenvalue weighted by molar-refractivity contribution is 6.36. The third-order valence-electron chi connectivity index (χ3n) is 4.47. The van der Waals surface area contributed by atoms with Crippen LogP contribution in [-0.4, -0.2) is 24.7 Å². The zero-order valence-electron chi connectivity index (χ0n) is 17.4. The topological polar surface area (TPSA) is 77.0 Å². The number of carbonyl (C=O) groups is 2. The van der Waals surface area contributed by atoms with Gasteiger partial charge in [-0.1, -0.05) is 41.4 Å². The van der Waals surface area contributed by atoms with Crippen LogP contribution in [0.4, 0.5) is 0 Å². The fraction of sp³-hybridized carbons (Fsp3) is 0.125. The fourth-order valence-corrected chi connectivity index (χ4v) is 3.12. The molecule has 3 aromatic rings. The van der Waals surface area contributed by atoms with Crippen LogP contribution in [0.3, 0.4) is 0 Å². The number of hydrazone groups is 1. The number of nitrogens with zero attached hydrogens (tertiary/aromatic N) is 1. The van der Waals surface area contributed by atoms with Crippen LogP contribution >= 0.6 is 23.2 Å². The fourth-order valence-electron chi connectivity index (χ4n) is 2.64. The molecule has 0 aliphatic heterocycles. The van der Waals surface area contributed by atoms with E-state index in [1.807, 2.05) is 32.0 Å². The van der Waals surface area contributed by atoms with Crippen molar-refractivity contribution in [2.45, 2.75) is 13.8 Å². The maximum absolute atomic E-state index is 12.3. The van der Waals surface area contributed by atoms with Gasteiger partial charge in [0, 0.05) is 5.02 Å². The van der Waals surface area contributed by atoms with E-state index < -0.39 is 11.9 Å². The number of ether oxygens (including phenoxy) is 2. The number of rotatable bonds is 7. The molecule has 0 fully saturated rings. The molecule has 0 aliphatic rings. The SMILES string of the molecule is Cc1ccc(OCC(=O)N/N=C\c2cccc(OC(=O)c3ccc(Cl)cc3Cl)c2)cc1C. The third kappa shape index (κ3) is 6.57. The van der Waals surface area contributed by atoms with Crippen molar-refractivity contribution in [3.63, 3.8) is 0 Å². The molecule has 0 aromatic heterocycles. The van der Waals surface area contributed by atoms with Crippen molar-refractivity contribution in [2.24, 2.45) is 5.10 Å². The number of nitrogens with one attached hydrogen (secondary N) is 1. The maximum atomic E-state index is 12.3. The molecule has 0 saturated carbocycles. The van der Waals surface area contributed by atoms with Gasteiger partial charge in [-0.15, -0.1) is 0 Å². The zero-order chi connectivity index (χ0) is 23.1. The molecule has 0 spiro atoms. The van der Waals surface area contributed by atoms with Crippen molar-refractivity contribution in [1.29, 1.82) is 0 Å². The van der Waals surface area contributed by atoms with E-state index in [9.17, 15) is 9.59 Å². The average molecular weight is 471 g/mol. The minimum absolute atomic E-state index is 0.167. The first-order valence-electron chi connectivity index (χ1n) is 9.61. The number of halogens is 2. The first kappa shape index (κ1) is 23.3. The van der Waals surface area contributed by atoms with Crippen LogP contribution in [0.2, 0.25) is 10.0 Å². The van der Waals surface area contributed by atoms with Gasteiger partial charge in [0.2, 0.25) is 0 Å². The van der Waals surface area contributed by atoms with Crippen LogP contribution in [0.15, 0.2) is 65.8 Å². The highest BCUT2D eigenvalue weighted by atomic mass is 35.5. The minimum atomic E-state index is -0.613. The summed E-state index contributed by atoms with van der Waals surface area (Å²) in [4.78, 5) is 24.3.